The van der Waals surface area contributed by atoms with Crippen LogP contribution in [0.5, 0.6) is 0 Å². The fourth-order valence-corrected chi connectivity index (χ4v) is 3.42. The van der Waals surface area contributed by atoms with Crippen molar-refractivity contribution in [3.8, 4) is 0 Å². The Kier molecular flexibility index (Phi) is 2.67. The number of aromatic nitrogens is 2. The number of para-hydroxylation sites is 1. The van der Waals surface area contributed by atoms with Gasteiger partial charge in [-0.15, -0.1) is 11.3 Å². The van der Waals surface area contributed by atoms with Crippen molar-refractivity contribution >= 4 is 38.3 Å². The van der Waals surface area contributed by atoms with E-state index < -0.39 is 0 Å². The summed E-state index contributed by atoms with van der Waals surface area (Å²) in [5, 5.41) is 2.29. The molecule has 0 atom stereocenters. The molecule has 0 fully saturated rings. The van der Waals surface area contributed by atoms with Crippen molar-refractivity contribution in [1.82, 2.24) is 9.97 Å². The molecule has 3 nitrogen and oxygen atoms in total. The van der Waals surface area contributed by atoms with Crippen LogP contribution in [0, 0.1) is 5.92 Å². The van der Waals surface area contributed by atoms with E-state index in [0.717, 1.165) is 32.5 Å². The molecule has 0 saturated carbocycles. The smallest absolute Gasteiger partial charge is 0.151 e. The number of hydrogen-bond acceptors (Lipinski definition) is 4. The summed E-state index contributed by atoms with van der Waals surface area (Å²) in [7, 11) is 0. The molecule has 3 aromatic rings. The van der Waals surface area contributed by atoms with Crippen molar-refractivity contribution in [2.75, 3.05) is 5.73 Å². The third-order valence-corrected chi connectivity index (χ3v) is 4.00. The molecule has 0 spiro atoms. The Labute approximate surface area is 110 Å². The lowest BCUT2D eigenvalue weighted by molar-refractivity contribution is 0.645. The molecule has 3 rings (SSSR count). The lowest BCUT2D eigenvalue weighted by Gasteiger charge is -1.99. The molecule has 0 radical (unpaired) electrons. The minimum absolute atomic E-state index is 0.537. The average molecular weight is 257 g/mol. The summed E-state index contributed by atoms with van der Waals surface area (Å²) in [6.45, 7) is 4.40. The normalized spacial score (nSPS) is 11.7. The molecule has 0 aliphatic heterocycles. The molecule has 2 aromatic heterocycles. The predicted octanol–water partition coefficient (Wildman–Crippen LogP) is 3.63. The van der Waals surface area contributed by atoms with Crippen molar-refractivity contribution in [2.45, 2.75) is 20.3 Å². The molecule has 0 aliphatic carbocycles. The molecule has 0 bridgehead atoms. The first-order valence-electron chi connectivity index (χ1n) is 6.09. The fraction of sp³-hybridized carbons (Fsp3) is 0.286. The van der Waals surface area contributed by atoms with E-state index in [4.69, 9.17) is 5.73 Å². The van der Waals surface area contributed by atoms with E-state index in [-0.39, 0.29) is 0 Å². The van der Waals surface area contributed by atoms with Gasteiger partial charge in [0.15, 0.2) is 5.82 Å². The molecule has 18 heavy (non-hydrogen) atoms. The van der Waals surface area contributed by atoms with Gasteiger partial charge in [0, 0.05) is 11.8 Å². The number of nitrogen functional groups attached to an aromatic ring is 1. The van der Waals surface area contributed by atoms with Crippen molar-refractivity contribution in [3.63, 3.8) is 0 Å². The maximum atomic E-state index is 6.00. The number of nitrogens with zero attached hydrogens (tertiary/aromatic N) is 2. The Bertz CT molecular complexity index is 715. The quantitative estimate of drug-likeness (QED) is 0.762. The van der Waals surface area contributed by atoms with Crippen LogP contribution in [0.15, 0.2) is 24.3 Å². The second-order valence-electron chi connectivity index (χ2n) is 4.90. The maximum absolute atomic E-state index is 6.00. The Morgan fingerprint density at radius 2 is 2.00 bits per heavy atom. The van der Waals surface area contributed by atoms with Crippen LogP contribution in [0.1, 0.15) is 18.9 Å². The average Bonchev–Trinajstić information content (AvgIpc) is 2.73. The highest BCUT2D eigenvalue weighted by Gasteiger charge is 2.12. The van der Waals surface area contributed by atoms with Crippen LogP contribution in [-0.4, -0.2) is 9.97 Å². The third-order valence-electron chi connectivity index (χ3n) is 2.89. The van der Waals surface area contributed by atoms with Crippen LogP contribution < -0.4 is 5.73 Å². The molecule has 0 amide bonds. The van der Waals surface area contributed by atoms with Gasteiger partial charge in [0.2, 0.25) is 0 Å². The molecule has 0 aliphatic rings. The van der Waals surface area contributed by atoms with E-state index in [2.05, 4.69) is 29.9 Å². The zero-order chi connectivity index (χ0) is 12.7. The summed E-state index contributed by atoms with van der Waals surface area (Å²) in [4.78, 5) is 9.05. The summed E-state index contributed by atoms with van der Waals surface area (Å²) < 4.78 is 1.16. The molecule has 1 aromatic carbocycles. The molecular formula is C14H15N3S. The minimum Gasteiger partial charge on any atom is -0.382 e. The number of rotatable bonds is 2. The lowest BCUT2D eigenvalue weighted by Crippen LogP contribution is -1.94. The topological polar surface area (TPSA) is 51.8 Å². The predicted molar refractivity (Wildman–Crippen MR) is 77.9 cm³/mol. The van der Waals surface area contributed by atoms with Crippen molar-refractivity contribution in [2.24, 2.45) is 5.92 Å². The van der Waals surface area contributed by atoms with Gasteiger partial charge in [0.05, 0.1) is 15.2 Å². The van der Waals surface area contributed by atoms with Gasteiger partial charge >= 0.3 is 0 Å². The Morgan fingerprint density at radius 1 is 1.22 bits per heavy atom. The van der Waals surface area contributed by atoms with Crippen molar-refractivity contribution < 1.29 is 0 Å². The van der Waals surface area contributed by atoms with Crippen LogP contribution >= 0.6 is 11.3 Å². The number of hydrogen-bond donors (Lipinski definition) is 1. The summed E-state index contributed by atoms with van der Waals surface area (Å²) in [6.07, 6.45) is 0.993. The molecule has 92 valence electrons. The van der Waals surface area contributed by atoms with Crippen LogP contribution in [0.4, 0.5) is 5.82 Å². The molecule has 0 unspecified atom stereocenters. The molecular weight excluding hydrogens is 242 g/mol. The summed E-state index contributed by atoms with van der Waals surface area (Å²) in [5.41, 5.74) is 7.80. The number of fused-ring (bicyclic) bond motifs is 3. The van der Waals surface area contributed by atoms with Gasteiger partial charge < -0.3 is 5.73 Å². The van der Waals surface area contributed by atoms with E-state index in [9.17, 15) is 0 Å². The molecule has 2 N–H and O–H groups in total. The highest BCUT2D eigenvalue weighted by Crippen LogP contribution is 2.33. The molecule has 4 heteroatoms. The Balaban J connectivity index is 2.31. The molecule has 2 heterocycles. The van der Waals surface area contributed by atoms with Gasteiger partial charge in [-0.2, -0.15) is 0 Å². The number of pyridine rings is 1. The highest BCUT2D eigenvalue weighted by atomic mass is 32.1. The van der Waals surface area contributed by atoms with Gasteiger partial charge in [0.1, 0.15) is 5.52 Å². The van der Waals surface area contributed by atoms with Crippen molar-refractivity contribution in [3.05, 3.63) is 29.3 Å². The SMILES string of the molecule is CC(C)Cc1nc2c(N)nc3ccccc3c2s1. The van der Waals surface area contributed by atoms with Gasteiger partial charge in [-0.05, 0) is 12.0 Å². The zero-order valence-electron chi connectivity index (χ0n) is 10.5. The standard InChI is InChI=1S/C14H15N3S/c1-8(2)7-11-17-12-13(18-11)9-5-3-4-6-10(9)16-14(12)15/h3-6,8H,7H2,1-2H3,(H2,15,16). The first-order chi connectivity index (χ1) is 8.65. The van der Waals surface area contributed by atoms with Crippen LogP contribution in [0.2, 0.25) is 0 Å². The van der Waals surface area contributed by atoms with E-state index in [1.54, 1.807) is 11.3 Å². The van der Waals surface area contributed by atoms with Gasteiger partial charge in [-0.3, -0.25) is 0 Å². The lowest BCUT2D eigenvalue weighted by atomic mass is 10.1. The second kappa shape index (κ2) is 4.21. The largest absolute Gasteiger partial charge is 0.382 e. The zero-order valence-corrected chi connectivity index (χ0v) is 11.3. The van der Waals surface area contributed by atoms with Crippen LogP contribution in [0.25, 0.3) is 21.1 Å². The Hall–Kier alpha value is -1.68. The third kappa shape index (κ3) is 1.82. The number of benzene rings is 1. The van der Waals surface area contributed by atoms with Gasteiger partial charge in [-0.25, -0.2) is 9.97 Å². The summed E-state index contributed by atoms with van der Waals surface area (Å²) in [5.74, 6) is 1.14. The number of nitrogens with two attached hydrogens (primary N) is 1. The highest BCUT2D eigenvalue weighted by molar-refractivity contribution is 7.19. The maximum Gasteiger partial charge on any atom is 0.151 e. The minimum atomic E-state index is 0.537. The monoisotopic (exact) mass is 257 g/mol. The van der Waals surface area contributed by atoms with E-state index >= 15 is 0 Å². The Morgan fingerprint density at radius 3 is 2.78 bits per heavy atom. The van der Waals surface area contributed by atoms with E-state index in [0.29, 0.717) is 11.7 Å². The summed E-state index contributed by atoms with van der Waals surface area (Å²) in [6, 6.07) is 8.09. The number of thiazole rings is 1. The van der Waals surface area contributed by atoms with Gasteiger partial charge in [-0.1, -0.05) is 32.0 Å². The van der Waals surface area contributed by atoms with E-state index in [1.807, 2.05) is 18.2 Å². The van der Waals surface area contributed by atoms with Crippen LogP contribution in [-0.2, 0) is 6.42 Å². The first kappa shape index (κ1) is 11.4. The van der Waals surface area contributed by atoms with Crippen LogP contribution in [0.3, 0.4) is 0 Å². The molecule has 0 saturated heterocycles. The first-order valence-corrected chi connectivity index (χ1v) is 6.90. The van der Waals surface area contributed by atoms with Crippen molar-refractivity contribution in [1.29, 1.82) is 0 Å². The summed E-state index contributed by atoms with van der Waals surface area (Å²) >= 11 is 1.74. The van der Waals surface area contributed by atoms with E-state index in [1.165, 1.54) is 0 Å². The fourth-order valence-electron chi connectivity index (χ4n) is 2.10. The van der Waals surface area contributed by atoms with Gasteiger partial charge in [0.25, 0.3) is 0 Å². The second-order valence-corrected chi connectivity index (χ2v) is 5.98. The number of anilines is 1.